The summed E-state index contributed by atoms with van der Waals surface area (Å²) in [6, 6.07) is 17.9. The molecule has 3 aromatic heterocycles. The number of benzene rings is 2. The molecule has 0 amide bonds. The van der Waals surface area contributed by atoms with E-state index in [4.69, 9.17) is 11.6 Å². The minimum Gasteiger partial charge on any atom is -0.270 e. The fourth-order valence-electron chi connectivity index (χ4n) is 4.34. The van der Waals surface area contributed by atoms with Crippen LogP contribution in [-0.4, -0.2) is 24.7 Å². The Morgan fingerprint density at radius 3 is 2.67 bits per heavy atom. The molecular formula is C25H20ClN5S2. The molecule has 0 fully saturated rings. The molecule has 5 nitrogen and oxygen atoms in total. The van der Waals surface area contributed by atoms with Gasteiger partial charge in [-0.15, -0.1) is 21.5 Å². The summed E-state index contributed by atoms with van der Waals surface area (Å²) < 4.78 is 2.09. The lowest BCUT2D eigenvalue weighted by Gasteiger charge is -2.18. The van der Waals surface area contributed by atoms with Gasteiger partial charge < -0.3 is 0 Å². The van der Waals surface area contributed by atoms with E-state index < -0.39 is 0 Å². The lowest BCUT2D eigenvalue weighted by molar-refractivity contribution is 0.509. The molecule has 0 aliphatic heterocycles. The Bertz CT molecular complexity index is 1440. The van der Waals surface area contributed by atoms with Gasteiger partial charge in [0, 0.05) is 26.5 Å². The quantitative estimate of drug-likeness (QED) is 0.258. The van der Waals surface area contributed by atoms with Crippen LogP contribution < -0.4 is 0 Å². The van der Waals surface area contributed by atoms with Crippen molar-refractivity contribution in [3.63, 3.8) is 0 Å². The van der Waals surface area contributed by atoms with Crippen LogP contribution in [0.15, 0.2) is 71.1 Å². The molecule has 1 atom stereocenters. The number of hydrogen-bond acceptors (Lipinski definition) is 6. The molecule has 1 aliphatic carbocycles. The van der Waals surface area contributed by atoms with Crippen molar-refractivity contribution in [1.82, 2.24) is 24.7 Å². The summed E-state index contributed by atoms with van der Waals surface area (Å²) in [5, 5.41) is 12.7. The van der Waals surface area contributed by atoms with Crippen LogP contribution in [-0.2, 0) is 12.8 Å². The van der Waals surface area contributed by atoms with Crippen LogP contribution in [0.2, 0.25) is 5.02 Å². The van der Waals surface area contributed by atoms with Gasteiger partial charge in [0.1, 0.15) is 16.2 Å². The second kappa shape index (κ2) is 8.56. The highest BCUT2D eigenvalue weighted by Crippen LogP contribution is 2.42. The summed E-state index contributed by atoms with van der Waals surface area (Å²) >= 11 is 9.49. The predicted octanol–water partition coefficient (Wildman–Crippen LogP) is 6.87. The molecular weight excluding hydrogens is 470 g/mol. The Morgan fingerprint density at radius 2 is 1.85 bits per heavy atom. The first kappa shape index (κ1) is 20.8. The second-order valence-corrected chi connectivity index (χ2v) is 10.8. The van der Waals surface area contributed by atoms with Crippen LogP contribution >= 0.6 is 34.7 Å². The fraction of sp³-hybridized carbons (Fsp3) is 0.200. The Morgan fingerprint density at radius 1 is 1.03 bits per heavy atom. The molecule has 0 saturated heterocycles. The molecule has 0 bridgehead atoms. The van der Waals surface area contributed by atoms with Gasteiger partial charge >= 0.3 is 0 Å². The molecule has 5 aromatic rings. The van der Waals surface area contributed by atoms with Gasteiger partial charge in [-0.05, 0) is 78.9 Å². The van der Waals surface area contributed by atoms with Crippen LogP contribution in [0.4, 0.5) is 0 Å². The van der Waals surface area contributed by atoms with Gasteiger partial charge in [-0.2, -0.15) is 0 Å². The zero-order valence-corrected chi connectivity index (χ0v) is 20.3. The van der Waals surface area contributed by atoms with E-state index >= 15 is 0 Å². The van der Waals surface area contributed by atoms with Gasteiger partial charge in [-0.3, -0.25) is 4.57 Å². The van der Waals surface area contributed by atoms with Crippen molar-refractivity contribution in [2.45, 2.75) is 36.4 Å². The summed E-state index contributed by atoms with van der Waals surface area (Å²) in [4.78, 5) is 11.8. The van der Waals surface area contributed by atoms with Crippen LogP contribution in [0.1, 0.15) is 23.8 Å². The normalized spacial score (nSPS) is 15.6. The molecule has 0 radical (unpaired) electrons. The van der Waals surface area contributed by atoms with Crippen molar-refractivity contribution in [1.29, 1.82) is 0 Å². The second-order valence-electron chi connectivity index (χ2n) is 8.30. The SMILES string of the molecule is C[C@@H]1CCc2c(sc3ncnc(Sc4nnc(-c5ccc(Cl)cc5)n4-c4ccccc4)c23)C1. The standard InChI is InChI=1S/C25H20ClN5S2/c1-15-7-12-19-20(13-15)32-23-21(19)24(28-14-27-23)33-25-30-29-22(16-8-10-17(26)11-9-16)31(25)18-5-3-2-4-6-18/h2-6,8-11,14-15H,7,12-13H2,1H3/t15-/m1/s1. The minimum atomic E-state index is 0.694. The molecule has 3 heterocycles. The van der Waals surface area contributed by atoms with Crippen molar-refractivity contribution in [3.8, 4) is 17.1 Å². The zero-order chi connectivity index (χ0) is 22.4. The zero-order valence-electron chi connectivity index (χ0n) is 17.9. The lowest BCUT2D eigenvalue weighted by atomic mass is 9.89. The van der Waals surface area contributed by atoms with Crippen molar-refractivity contribution in [2.75, 3.05) is 0 Å². The summed E-state index contributed by atoms with van der Waals surface area (Å²) in [6.07, 6.45) is 5.08. The van der Waals surface area contributed by atoms with Crippen LogP contribution in [0, 0.1) is 5.92 Å². The van der Waals surface area contributed by atoms with Crippen molar-refractivity contribution < 1.29 is 0 Å². The monoisotopic (exact) mass is 489 g/mol. The van der Waals surface area contributed by atoms with Gasteiger partial charge in [-0.1, -0.05) is 36.7 Å². The molecule has 2 aromatic carbocycles. The maximum Gasteiger partial charge on any atom is 0.202 e. The lowest BCUT2D eigenvalue weighted by Crippen LogP contribution is -2.08. The summed E-state index contributed by atoms with van der Waals surface area (Å²) in [6.45, 7) is 2.33. The third-order valence-electron chi connectivity index (χ3n) is 6.00. The van der Waals surface area contributed by atoms with Gasteiger partial charge in [0.05, 0.1) is 0 Å². The molecule has 0 N–H and O–H groups in total. The number of aromatic nitrogens is 5. The Kier molecular flexibility index (Phi) is 5.40. The smallest absolute Gasteiger partial charge is 0.202 e. The van der Waals surface area contributed by atoms with Crippen molar-refractivity contribution in [3.05, 3.63) is 76.4 Å². The van der Waals surface area contributed by atoms with E-state index in [2.05, 4.69) is 43.8 Å². The van der Waals surface area contributed by atoms with Crippen molar-refractivity contribution >= 4 is 44.9 Å². The van der Waals surface area contributed by atoms with Crippen LogP contribution in [0.25, 0.3) is 27.3 Å². The maximum absolute atomic E-state index is 6.12. The highest BCUT2D eigenvalue weighted by molar-refractivity contribution is 7.99. The molecule has 0 spiro atoms. The number of aryl methyl sites for hydroxylation is 1. The summed E-state index contributed by atoms with van der Waals surface area (Å²) in [7, 11) is 0. The largest absolute Gasteiger partial charge is 0.270 e. The van der Waals surface area contributed by atoms with Crippen molar-refractivity contribution in [2.24, 2.45) is 5.92 Å². The average molecular weight is 490 g/mol. The molecule has 6 rings (SSSR count). The van der Waals surface area contributed by atoms with E-state index in [0.717, 1.165) is 50.8 Å². The van der Waals surface area contributed by atoms with E-state index in [0.29, 0.717) is 5.02 Å². The Hall–Kier alpha value is -2.74. The van der Waals surface area contributed by atoms with Crippen LogP contribution in [0.5, 0.6) is 0 Å². The third kappa shape index (κ3) is 3.84. The first-order valence-electron chi connectivity index (χ1n) is 10.9. The molecule has 164 valence electrons. The van der Waals surface area contributed by atoms with Gasteiger partial charge in [0.25, 0.3) is 0 Å². The Labute approximate surface area is 204 Å². The number of halogens is 1. The van der Waals surface area contributed by atoms with Gasteiger partial charge in [-0.25, -0.2) is 9.97 Å². The molecule has 8 heteroatoms. The number of nitrogens with zero attached hydrogens (tertiary/aromatic N) is 5. The average Bonchev–Trinajstić information content (AvgIpc) is 3.41. The number of thiophene rings is 1. The maximum atomic E-state index is 6.12. The van der Waals surface area contributed by atoms with Crippen LogP contribution in [0.3, 0.4) is 0 Å². The highest BCUT2D eigenvalue weighted by Gasteiger charge is 2.25. The number of para-hydroxylation sites is 1. The molecule has 0 unspecified atom stereocenters. The molecule has 1 aliphatic rings. The first-order chi connectivity index (χ1) is 16.2. The summed E-state index contributed by atoms with van der Waals surface area (Å²) in [5.41, 5.74) is 3.37. The molecule has 0 saturated carbocycles. The fourth-order valence-corrected chi connectivity index (χ4v) is 6.84. The third-order valence-corrected chi connectivity index (χ3v) is 8.36. The topological polar surface area (TPSA) is 56.5 Å². The molecule has 33 heavy (non-hydrogen) atoms. The predicted molar refractivity (Wildman–Crippen MR) is 135 cm³/mol. The van der Waals surface area contributed by atoms with E-state index in [-0.39, 0.29) is 0 Å². The van der Waals surface area contributed by atoms with Gasteiger partial charge in [0.15, 0.2) is 5.82 Å². The summed E-state index contributed by atoms with van der Waals surface area (Å²) in [5.74, 6) is 1.49. The van der Waals surface area contributed by atoms with E-state index in [1.165, 1.54) is 22.2 Å². The van der Waals surface area contributed by atoms with E-state index in [1.807, 2.05) is 53.8 Å². The first-order valence-corrected chi connectivity index (χ1v) is 12.9. The highest BCUT2D eigenvalue weighted by atomic mass is 35.5. The minimum absolute atomic E-state index is 0.694. The number of fused-ring (bicyclic) bond motifs is 3. The number of rotatable bonds is 4. The van der Waals surface area contributed by atoms with E-state index in [9.17, 15) is 0 Å². The Balaban J connectivity index is 1.49. The van der Waals surface area contributed by atoms with Gasteiger partial charge in [0.2, 0.25) is 5.16 Å². The number of hydrogen-bond donors (Lipinski definition) is 0. The van der Waals surface area contributed by atoms with E-state index in [1.54, 1.807) is 18.1 Å².